The molecule has 1 amide bonds. The Morgan fingerprint density at radius 1 is 1.04 bits per heavy atom. The number of imidazole rings is 1. The third-order valence-corrected chi connectivity index (χ3v) is 4.18. The maximum absolute atomic E-state index is 12.4. The number of carbonyl (C=O) groups is 1. The van der Waals surface area contributed by atoms with Gasteiger partial charge in [-0.3, -0.25) is 9.78 Å². The maximum Gasteiger partial charge on any atom is 0.257 e. The molecule has 4 rings (SSSR count). The molecule has 0 aliphatic heterocycles. The summed E-state index contributed by atoms with van der Waals surface area (Å²) >= 11 is 3.32. The number of H-pyrrole nitrogens is 1. The van der Waals surface area contributed by atoms with Crippen molar-refractivity contribution in [3.05, 3.63) is 77.0 Å². The lowest BCUT2D eigenvalue weighted by atomic mass is 10.2. The van der Waals surface area contributed by atoms with E-state index in [1.807, 2.05) is 48.5 Å². The third-order valence-electron chi connectivity index (χ3n) is 3.75. The molecular weight excluding hydrogens is 380 g/mol. The van der Waals surface area contributed by atoms with Gasteiger partial charge in [0, 0.05) is 28.1 Å². The Hall–Kier alpha value is -2.99. The number of pyridine rings is 1. The van der Waals surface area contributed by atoms with Crippen LogP contribution in [0.3, 0.4) is 0 Å². The minimum atomic E-state index is -0.212. The van der Waals surface area contributed by atoms with Crippen molar-refractivity contribution < 1.29 is 4.79 Å². The van der Waals surface area contributed by atoms with Crippen LogP contribution in [0.5, 0.6) is 0 Å². The molecule has 0 saturated carbocycles. The molecule has 2 heterocycles. The summed E-state index contributed by atoms with van der Waals surface area (Å²) in [6.45, 7) is 0. The minimum Gasteiger partial charge on any atom is -0.338 e. The molecule has 0 radical (unpaired) electrons. The quantitative estimate of drug-likeness (QED) is 0.533. The molecule has 5 nitrogen and oxygen atoms in total. The number of halogens is 1. The van der Waals surface area contributed by atoms with Crippen LogP contribution in [0.2, 0.25) is 0 Å². The summed E-state index contributed by atoms with van der Waals surface area (Å²) in [6, 6.07) is 17.2. The molecule has 122 valence electrons. The van der Waals surface area contributed by atoms with Gasteiger partial charge in [0.2, 0.25) is 0 Å². The van der Waals surface area contributed by atoms with Crippen molar-refractivity contribution in [3.63, 3.8) is 0 Å². The van der Waals surface area contributed by atoms with Crippen LogP contribution in [0.1, 0.15) is 10.4 Å². The largest absolute Gasteiger partial charge is 0.338 e. The first-order valence-electron chi connectivity index (χ1n) is 7.66. The van der Waals surface area contributed by atoms with Gasteiger partial charge < -0.3 is 10.3 Å². The van der Waals surface area contributed by atoms with E-state index in [0.717, 1.165) is 26.9 Å². The van der Waals surface area contributed by atoms with Gasteiger partial charge in [-0.15, -0.1) is 0 Å². The number of para-hydroxylation sites is 2. The summed E-state index contributed by atoms with van der Waals surface area (Å²) in [5, 5.41) is 2.89. The summed E-state index contributed by atoms with van der Waals surface area (Å²) in [7, 11) is 0. The molecular formula is C19H13BrN4O. The van der Waals surface area contributed by atoms with E-state index < -0.39 is 0 Å². The number of nitrogens with zero attached hydrogens (tertiary/aromatic N) is 2. The monoisotopic (exact) mass is 392 g/mol. The highest BCUT2D eigenvalue weighted by Crippen LogP contribution is 2.23. The standard InChI is InChI=1S/C19H13BrN4O/c20-14-8-13(10-21-11-14)19(25)22-15-5-3-4-12(9-15)18-23-16-6-1-2-7-17(16)24-18/h1-11H,(H,22,25)(H,23,24). The number of rotatable bonds is 3. The first kappa shape index (κ1) is 15.5. The fourth-order valence-electron chi connectivity index (χ4n) is 2.57. The van der Waals surface area contributed by atoms with Crippen molar-refractivity contribution >= 4 is 38.6 Å². The number of aromatic amines is 1. The molecule has 0 fully saturated rings. The van der Waals surface area contributed by atoms with Crippen molar-refractivity contribution in [2.24, 2.45) is 0 Å². The highest BCUT2D eigenvalue weighted by atomic mass is 79.9. The van der Waals surface area contributed by atoms with Crippen LogP contribution >= 0.6 is 15.9 Å². The van der Waals surface area contributed by atoms with E-state index in [2.05, 4.69) is 36.2 Å². The molecule has 2 aromatic heterocycles. The van der Waals surface area contributed by atoms with E-state index in [0.29, 0.717) is 11.3 Å². The number of fused-ring (bicyclic) bond motifs is 1. The molecule has 25 heavy (non-hydrogen) atoms. The lowest BCUT2D eigenvalue weighted by molar-refractivity contribution is 0.102. The molecule has 0 spiro atoms. The van der Waals surface area contributed by atoms with Gasteiger partial charge in [0.1, 0.15) is 5.82 Å². The Balaban J connectivity index is 1.62. The average molecular weight is 393 g/mol. The van der Waals surface area contributed by atoms with E-state index in [1.165, 1.54) is 6.20 Å². The van der Waals surface area contributed by atoms with Gasteiger partial charge in [-0.25, -0.2) is 4.98 Å². The molecule has 0 atom stereocenters. The summed E-state index contributed by atoms with van der Waals surface area (Å²) in [5.41, 5.74) is 3.98. The Bertz CT molecular complexity index is 1040. The number of anilines is 1. The van der Waals surface area contributed by atoms with Gasteiger partial charge in [-0.2, -0.15) is 0 Å². The van der Waals surface area contributed by atoms with Crippen molar-refractivity contribution in [1.29, 1.82) is 0 Å². The van der Waals surface area contributed by atoms with Gasteiger partial charge in [0.25, 0.3) is 5.91 Å². The lowest BCUT2D eigenvalue weighted by Crippen LogP contribution is -2.12. The first-order chi connectivity index (χ1) is 12.2. The second-order valence-corrected chi connectivity index (χ2v) is 6.44. The molecule has 2 N–H and O–H groups in total. The van der Waals surface area contributed by atoms with Gasteiger partial charge in [0.15, 0.2) is 0 Å². The molecule has 2 aromatic carbocycles. The Labute approximate surface area is 152 Å². The maximum atomic E-state index is 12.4. The van der Waals surface area contributed by atoms with Crippen LogP contribution in [-0.2, 0) is 0 Å². The molecule has 0 unspecified atom stereocenters. The van der Waals surface area contributed by atoms with Gasteiger partial charge in [-0.1, -0.05) is 24.3 Å². The molecule has 4 aromatic rings. The van der Waals surface area contributed by atoms with Crippen molar-refractivity contribution in [2.75, 3.05) is 5.32 Å². The minimum absolute atomic E-state index is 0.212. The summed E-state index contributed by atoms with van der Waals surface area (Å²) < 4.78 is 0.760. The van der Waals surface area contributed by atoms with Gasteiger partial charge in [-0.05, 0) is 46.3 Å². The lowest BCUT2D eigenvalue weighted by Gasteiger charge is -2.06. The fourth-order valence-corrected chi connectivity index (χ4v) is 2.94. The first-order valence-corrected chi connectivity index (χ1v) is 8.45. The van der Waals surface area contributed by atoms with Crippen molar-refractivity contribution in [3.8, 4) is 11.4 Å². The van der Waals surface area contributed by atoms with E-state index in [-0.39, 0.29) is 5.91 Å². The topological polar surface area (TPSA) is 70.7 Å². The predicted octanol–water partition coefficient (Wildman–Crippen LogP) is 4.64. The van der Waals surface area contributed by atoms with Crippen LogP contribution in [0, 0.1) is 0 Å². The molecule has 0 aliphatic rings. The molecule has 0 saturated heterocycles. The number of carbonyl (C=O) groups excluding carboxylic acids is 1. The molecule has 6 heteroatoms. The number of amides is 1. The van der Waals surface area contributed by atoms with E-state index >= 15 is 0 Å². The zero-order valence-corrected chi connectivity index (χ0v) is 14.6. The zero-order chi connectivity index (χ0) is 17.2. The number of aromatic nitrogens is 3. The van der Waals surface area contributed by atoms with E-state index in [4.69, 9.17) is 0 Å². The normalized spacial score (nSPS) is 10.8. The van der Waals surface area contributed by atoms with Crippen LogP contribution in [0.25, 0.3) is 22.4 Å². The SMILES string of the molecule is O=C(Nc1cccc(-c2nc3ccccc3[nH]2)c1)c1cncc(Br)c1. The fraction of sp³-hybridized carbons (Fsp3) is 0. The Morgan fingerprint density at radius 2 is 1.92 bits per heavy atom. The highest BCUT2D eigenvalue weighted by molar-refractivity contribution is 9.10. The average Bonchev–Trinajstić information content (AvgIpc) is 3.06. The number of hydrogen-bond acceptors (Lipinski definition) is 3. The molecule has 0 bridgehead atoms. The van der Waals surface area contributed by atoms with Crippen LogP contribution in [-0.4, -0.2) is 20.9 Å². The van der Waals surface area contributed by atoms with Crippen LogP contribution in [0.4, 0.5) is 5.69 Å². The third kappa shape index (κ3) is 3.29. The summed E-state index contributed by atoms with van der Waals surface area (Å²) in [5.74, 6) is 0.553. The van der Waals surface area contributed by atoms with Crippen molar-refractivity contribution in [1.82, 2.24) is 15.0 Å². The second kappa shape index (κ2) is 6.49. The Kier molecular flexibility index (Phi) is 4.03. The predicted molar refractivity (Wildman–Crippen MR) is 101 cm³/mol. The second-order valence-electron chi connectivity index (χ2n) is 5.53. The van der Waals surface area contributed by atoms with Crippen molar-refractivity contribution in [2.45, 2.75) is 0 Å². The molecule has 0 aliphatic carbocycles. The smallest absolute Gasteiger partial charge is 0.257 e. The zero-order valence-electron chi connectivity index (χ0n) is 13.0. The summed E-state index contributed by atoms with van der Waals surface area (Å²) in [6.07, 6.45) is 3.17. The number of benzene rings is 2. The van der Waals surface area contributed by atoms with Gasteiger partial charge in [0.05, 0.1) is 16.6 Å². The highest BCUT2D eigenvalue weighted by Gasteiger charge is 2.09. The van der Waals surface area contributed by atoms with Crippen LogP contribution < -0.4 is 5.32 Å². The van der Waals surface area contributed by atoms with E-state index in [1.54, 1.807) is 12.3 Å². The number of hydrogen-bond donors (Lipinski definition) is 2. The van der Waals surface area contributed by atoms with Gasteiger partial charge >= 0.3 is 0 Å². The number of nitrogens with one attached hydrogen (secondary N) is 2. The van der Waals surface area contributed by atoms with Crippen LogP contribution in [0.15, 0.2) is 71.5 Å². The Morgan fingerprint density at radius 3 is 2.76 bits per heavy atom. The van der Waals surface area contributed by atoms with E-state index in [9.17, 15) is 4.79 Å². The summed E-state index contributed by atoms with van der Waals surface area (Å²) in [4.78, 5) is 24.3.